The first-order chi connectivity index (χ1) is 30.9. The lowest BCUT2D eigenvalue weighted by Gasteiger charge is -2.36. The summed E-state index contributed by atoms with van der Waals surface area (Å²) in [5.74, 6) is 5.78. The maximum Gasteiger partial charge on any atom is 0.329 e. The number of aliphatic hydroxyl groups is 1. The minimum Gasteiger partial charge on any atom is -0.481 e. The number of rotatable bonds is 14. The molecule has 20 heteroatoms. The number of imidazole rings is 1. The molecule has 4 aliphatic rings. The highest BCUT2D eigenvalue weighted by atomic mass is 19.3. The number of benzene rings is 1. The Morgan fingerprint density at radius 1 is 1.11 bits per heavy atom. The summed E-state index contributed by atoms with van der Waals surface area (Å²) in [5.41, 5.74) is 7.09. The predicted molar refractivity (Wildman–Crippen MR) is 230 cm³/mol. The minimum absolute atomic E-state index is 0.0120. The molecule has 3 aliphatic heterocycles. The fourth-order valence-electron chi connectivity index (χ4n) is 9.99. The summed E-state index contributed by atoms with van der Waals surface area (Å²) in [6, 6.07) is 6.40. The molecular weight excluding hydrogens is 833 g/mol. The van der Waals surface area contributed by atoms with Gasteiger partial charge in [-0.15, -0.1) is 0 Å². The third-order valence-corrected chi connectivity index (χ3v) is 13.3. The third kappa shape index (κ3) is 8.87. The average molecular weight is 886 g/mol. The fourth-order valence-corrected chi connectivity index (χ4v) is 9.99. The SMILES string of the molecule is Cn1c(=O)n(C(CCC(=O)O)C(N)O)c2cccc(C#CCOC3CCN(CC4CCC(n5cc(NC(=O)c6cnn7ccc(N8C[C@H]9C[C@@H]8CO9)nc67)c(C(F)F)n5)CC4)CC3)c21. The topological polar surface area (TPSA) is 213 Å². The molecule has 340 valence electrons. The summed E-state index contributed by atoms with van der Waals surface area (Å²) in [6.07, 6.45) is 6.45. The predicted octanol–water partition coefficient (Wildman–Crippen LogP) is 3.69. The number of piperidine rings is 1. The zero-order chi connectivity index (χ0) is 44.6. The molecule has 5 aromatic rings. The van der Waals surface area contributed by atoms with Crippen molar-refractivity contribution in [2.75, 3.05) is 49.6 Å². The summed E-state index contributed by atoms with van der Waals surface area (Å²) in [6.45, 7) is 4.31. The molecule has 64 heavy (non-hydrogen) atoms. The number of aliphatic carboxylic acids is 1. The quantitative estimate of drug-likeness (QED) is 0.0927. The largest absolute Gasteiger partial charge is 0.481 e. The summed E-state index contributed by atoms with van der Waals surface area (Å²) in [4.78, 5) is 47.4. The second-order valence-corrected chi connectivity index (χ2v) is 17.4. The van der Waals surface area contributed by atoms with Gasteiger partial charge < -0.3 is 40.5 Å². The molecule has 7 heterocycles. The highest BCUT2D eigenvalue weighted by Crippen LogP contribution is 2.36. The smallest absolute Gasteiger partial charge is 0.329 e. The number of carbonyl (C=O) groups is 2. The fraction of sp³-hybridized carbons (Fsp3) is 0.545. The number of ether oxygens (including phenoxy) is 2. The number of anilines is 2. The second kappa shape index (κ2) is 18.4. The van der Waals surface area contributed by atoms with Crippen LogP contribution in [0.3, 0.4) is 0 Å². The average Bonchev–Trinajstić information content (AvgIpc) is 4.13. The van der Waals surface area contributed by atoms with Crippen LogP contribution in [0.2, 0.25) is 0 Å². The van der Waals surface area contributed by atoms with Crippen LogP contribution in [0.5, 0.6) is 0 Å². The number of amides is 1. The molecule has 3 saturated heterocycles. The standard InChI is InChI=1S/C44H53F2N11O7/c1-52-39-27(4-2-6-34(39)57(44(52)62)35(41(47)60)11-12-37(58)59)5-3-19-63-30-13-16-53(17-14-30)22-26-7-9-28(10-8-26)56-24-33(38(51-56)40(45)46)49-43(61)32-21-48-55-18-15-36(50-42(32)55)54-23-31-20-29(54)25-64-31/h2,4,6,15,18,21,24,26,28-31,35,40-41,60H,7-14,16-17,19-20,22-23,25,47H2,1H3,(H,49,61)(H,58,59)/t26?,28?,29-,31-,35?,41?/m1/s1. The second-order valence-electron chi connectivity index (χ2n) is 17.4. The molecule has 0 spiro atoms. The van der Waals surface area contributed by atoms with Crippen LogP contribution >= 0.6 is 0 Å². The number of nitrogens with two attached hydrogens (primary N) is 1. The van der Waals surface area contributed by atoms with Crippen molar-refractivity contribution in [2.45, 2.75) is 101 Å². The lowest BCUT2D eigenvalue weighted by Crippen LogP contribution is -2.40. The first-order valence-corrected chi connectivity index (χ1v) is 22.0. The van der Waals surface area contributed by atoms with E-state index in [1.165, 1.54) is 26.0 Å². The van der Waals surface area contributed by atoms with Crippen molar-refractivity contribution in [3.05, 3.63) is 70.2 Å². The van der Waals surface area contributed by atoms with Gasteiger partial charge in [-0.1, -0.05) is 17.9 Å². The Labute approximate surface area is 366 Å². The van der Waals surface area contributed by atoms with Gasteiger partial charge in [-0.25, -0.2) is 23.1 Å². The molecular formula is C44H53F2N11O7. The number of alkyl halides is 2. The number of morpholine rings is 1. The van der Waals surface area contributed by atoms with Crippen LogP contribution in [0.15, 0.2) is 47.7 Å². The maximum absolute atomic E-state index is 14.3. The van der Waals surface area contributed by atoms with E-state index in [1.54, 1.807) is 36.1 Å². The van der Waals surface area contributed by atoms with Gasteiger partial charge in [-0.05, 0) is 75.5 Å². The van der Waals surface area contributed by atoms with Gasteiger partial charge in [0.15, 0.2) is 11.3 Å². The number of fused-ring (bicyclic) bond motifs is 4. The van der Waals surface area contributed by atoms with E-state index in [1.807, 2.05) is 6.07 Å². The Bertz CT molecular complexity index is 2630. The summed E-state index contributed by atoms with van der Waals surface area (Å²) in [5, 5.41) is 30.7. The molecule has 4 atom stereocenters. The molecule has 1 aromatic carbocycles. The monoisotopic (exact) mass is 885 g/mol. The number of carbonyl (C=O) groups excluding carboxylic acids is 1. The minimum atomic E-state index is -2.87. The van der Waals surface area contributed by atoms with Crippen LogP contribution in [0.4, 0.5) is 20.3 Å². The van der Waals surface area contributed by atoms with E-state index in [0.717, 1.165) is 76.9 Å². The molecule has 1 amide bonds. The van der Waals surface area contributed by atoms with Crippen molar-refractivity contribution in [1.29, 1.82) is 0 Å². The van der Waals surface area contributed by atoms with E-state index in [2.05, 4.69) is 37.2 Å². The number of hydrogen-bond acceptors (Lipinski definition) is 12. The zero-order valence-corrected chi connectivity index (χ0v) is 35.6. The number of carboxylic acids is 1. The number of likely N-dealkylation sites (tertiary alicyclic amines) is 1. The number of aromatic nitrogens is 7. The lowest BCUT2D eigenvalue weighted by molar-refractivity contribution is -0.137. The van der Waals surface area contributed by atoms with Crippen molar-refractivity contribution in [3.63, 3.8) is 0 Å². The summed E-state index contributed by atoms with van der Waals surface area (Å²) < 4.78 is 46.3. The lowest BCUT2D eigenvalue weighted by atomic mass is 9.85. The van der Waals surface area contributed by atoms with Crippen molar-refractivity contribution in [1.82, 2.24) is 38.4 Å². The van der Waals surface area contributed by atoms with Crippen LogP contribution in [-0.2, 0) is 21.3 Å². The number of hydrogen-bond donors (Lipinski definition) is 4. The molecule has 5 N–H and O–H groups in total. The van der Waals surface area contributed by atoms with Crippen molar-refractivity contribution >= 4 is 40.1 Å². The number of nitrogens with one attached hydrogen (secondary N) is 1. The highest BCUT2D eigenvalue weighted by molar-refractivity contribution is 6.08. The van der Waals surface area contributed by atoms with Crippen LogP contribution < -0.4 is 21.6 Å². The third-order valence-electron chi connectivity index (χ3n) is 13.3. The van der Waals surface area contributed by atoms with Gasteiger partial charge in [0, 0.05) is 52.0 Å². The van der Waals surface area contributed by atoms with Crippen molar-refractivity contribution < 1.29 is 38.1 Å². The Kier molecular flexibility index (Phi) is 12.5. The number of halogens is 2. The van der Waals surface area contributed by atoms with Gasteiger partial charge in [0.1, 0.15) is 24.2 Å². The number of aryl methyl sites for hydroxylation is 1. The summed E-state index contributed by atoms with van der Waals surface area (Å²) in [7, 11) is 1.61. The Balaban J connectivity index is 0.749. The molecule has 2 unspecified atom stereocenters. The van der Waals surface area contributed by atoms with Crippen molar-refractivity contribution in [2.24, 2.45) is 18.7 Å². The van der Waals surface area contributed by atoms with Gasteiger partial charge in [0.05, 0.1) is 65.4 Å². The molecule has 0 radical (unpaired) electrons. The Morgan fingerprint density at radius 3 is 2.61 bits per heavy atom. The molecule has 2 bridgehead atoms. The zero-order valence-electron chi connectivity index (χ0n) is 35.6. The van der Waals surface area contributed by atoms with Crippen LogP contribution in [0, 0.1) is 17.8 Å². The van der Waals surface area contributed by atoms with Crippen LogP contribution in [0.25, 0.3) is 16.7 Å². The van der Waals surface area contributed by atoms with Gasteiger partial charge in [-0.3, -0.25) is 23.4 Å². The van der Waals surface area contributed by atoms with Gasteiger partial charge in [0.25, 0.3) is 12.3 Å². The van der Waals surface area contributed by atoms with Gasteiger partial charge in [0.2, 0.25) is 0 Å². The number of nitrogens with zero attached hydrogens (tertiary/aromatic N) is 9. The van der Waals surface area contributed by atoms with E-state index in [4.69, 9.17) is 20.2 Å². The Hall–Kier alpha value is -5.72. The molecule has 4 aromatic heterocycles. The molecule has 4 fully saturated rings. The molecule has 9 rings (SSSR count). The summed E-state index contributed by atoms with van der Waals surface area (Å²) >= 11 is 0. The highest BCUT2D eigenvalue weighted by Gasteiger charge is 2.40. The normalized spacial score (nSPS) is 22.6. The number of carboxylic acid groups (broad SMARTS) is 1. The first-order valence-electron chi connectivity index (χ1n) is 22.0. The molecule has 1 aliphatic carbocycles. The number of para-hydroxylation sites is 1. The van der Waals surface area contributed by atoms with E-state index in [0.29, 0.717) is 34.8 Å². The maximum atomic E-state index is 14.3. The molecule has 1 saturated carbocycles. The van der Waals surface area contributed by atoms with Gasteiger partial charge in [-0.2, -0.15) is 10.2 Å². The van der Waals surface area contributed by atoms with Crippen LogP contribution in [0.1, 0.15) is 97.9 Å². The van der Waals surface area contributed by atoms with Gasteiger partial charge >= 0.3 is 11.7 Å². The number of aliphatic hydroxyl groups excluding tert-OH is 1. The first kappa shape index (κ1) is 43.5. The van der Waals surface area contributed by atoms with E-state index in [9.17, 15) is 33.4 Å². The van der Waals surface area contributed by atoms with E-state index in [-0.39, 0.29) is 55.0 Å². The van der Waals surface area contributed by atoms with Crippen LogP contribution in [-0.4, -0.2) is 124 Å². The van der Waals surface area contributed by atoms with E-state index >= 15 is 0 Å². The molecule has 18 nitrogen and oxygen atoms in total. The Morgan fingerprint density at radius 2 is 1.91 bits per heavy atom. The van der Waals surface area contributed by atoms with Crippen molar-refractivity contribution in [3.8, 4) is 11.8 Å². The van der Waals surface area contributed by atoms with E-state index < -0.39 is 42.0 Å².